The maximum atomic E-state index is 6.51. The van der Waals surface area contributed by atoms with Gasteiger partial charge < -0.3 is 23.6 Å². The zero-order chi connectivity index (χ0) is 24.5. The molecule has 5 nitrogen and oxygen atoms in total. The molecular formula is C26H59N3O2Si. The number of rotatable bonds is 22. The zero-order valence-corrected chi connectivity index (χ0v) is 24.5. The van der Waals surface area contributed by atoms with Crippen molar-refractivity contribution in [1.82, 2.24) is 14.7 Å². The molecule has 0 radical (unpaired) electrons. The van der Waals surface area contributed by atoms with Crippen LogP contribution in [0, 0.1) is 5.41 Å². The summed E-state index contributed by atoms with van der Waals surface area (Å²) >= 11 is 0. The van der Waals surface area contributed by atoms with Gasteiger partial charge >= 0.3 is 8.56 Å². The van der Waals surface area contributed by atoms with Crippen LogP contribution in [0.2, 0.25) is 12.1 Å². The number of hydrogen-bond acceptors (Lipinski definition) is 5. The van der Waals surface area contributed by atoms with Crippen LogP contribution in [0.15, 0.2) is 0 Å². The highest BCUT2D eigenvalue weighted by atomic mass is 28.4. The topological polar surface area (TPSA) is 28.2 Å². The average Bonchev–Trinajstić information content (AvgIpc) is 2.78. The maximum Gasteiger partial charge on any atom is 0.338 e. The van der Waals surface area contributed by atoms with Gasteiger partial charge in [0.25, 0.3) is 0 Å². The monoisotopic (exact) mass is 473 g/mol. The van der Waals surface area contributed by atoms with Crippen molar-refractivity contribution in [3.63, 3.8) is 0 Å². The molecule has 0 saturated carbocycles. The Morgan fingerprint density at radius 2 is 0.938 bits per heavy atom. The molecule has 0 N–H and O–H groups in total. The first kappa shape index (κ1) is 32.0. The highest BCUT2D eigenvalue weighted by molar-refractivity contribution is 6.67. The van der Waals surface area contributed by atoms with Crippen LogP contribution in [0.25, 0.3) is 0 Å². The van der Waals surface area contributed by atoms with Gasteiger partial charge in [0, 0.05) is 13.2 Å². The molecule has 0 amide bonds. The normalized spacial score (nSPS) is 13.1. The van der Waals surface area contributed by atoms with E-state index in [0.717, 1.165) is 44.9 Å². The van der Waals surface area contributed by atoms with Crippen molar-refractivity contribution in [3.05, 3.63) is 0 Å². The molecule has 0 aromatic carbocycles. The first-order valence-electron chi connectivity index (χ1n) is 13.6. The van der Waals surface area contributed by atoms with Crippen LogP contribution < -0.4 is 0 Å². The lowest BCUT2D eigenvalue weighted by Gasteiger charge is -2.42. The van der Waals surface area contributed by atoms with E-state index in [1.54, 1.807) is 0 Å². The van der Waals surface area contributed by atoms with Gasteiger partial charge in [-0.25, -0.2) is 0 Å². The second kappa shape index (κ2) is 18.4. The second-order valence-corrected chi connectivity index (χ2v) is 13.3. The van der Waals surface area contributed by atoms with E-state index < -0.39 is 8.56 Å². The van der Waals surface area contributed by atoms with Crippen LogP contribution in [0.3, 0.4) is 0 Å². The van der Waals surface area contributed by atoms with Gasteiger partial charge in [0.15, 0.2) is 0 Å². The van der Waals surface area contributed by atoms with Crippen LogP contribution in [0.5, 0.6) is 0 Å². The molecule has 0 unspecified atom stereocenters. The van der Waals surface area contributed by atoms with E-state index in [9.17, 15) is 0 Å². The Kier molecular flexibility index (Phi) is 18.4. The van der Waals surface area contributed by atoms with Gasteiger partial charge in [-0.2, -0.15) is 0 Å². The molecule has 0 saturated heterocycles. The first-order chi connectivity index (χ1) is 15.3. The molecular weight excluding hydrogens is 414 g/mol. The fourth-order valence-corrected chi connectivity index (χ4v) is 8.53. The summed E-state index contributed by atoms with van der Waals surface area (Å²) in [6.45, 7) is 21.8. The Balaban J connectivity index is 5.74. The summed E-state index contributed by atoms with van der Waals surface area (Å²) in [7, 11) is 4.55. The Hall–Kier alpha value is 0.0169. The molecule has 0 aromatic rings. The summed E-state index contributed by atoms with van der Waals surface area (Å²) < 4.78 is 13.0. The van der Waals surface area contributed by atoms with Crippen molar-refractivity contribution < 1.29 is 8.85 Å². The van der Waals surface area contributed by atoms with Crippen LogP contribution in [0.4, 0.5) is 0 Å². The van der Waals surface area contributed by atoms with Crippen molar-refractivity contribution >= 4 is 8.56 Å². The Morgan fingerprint density at radius 1 is 0.594 bits per heavy atom. The lowest BCUT2D eigenvalue weighted by molar-refractivity contribution is 0.137. The standard InChI is InChI=1S/C26H59N3O2Si/c1-10-27(7)22-16-19-26(20-17-23-28(8)11-2,21-18-24-29(9)12-3)25-32(15-6,30-13-4)31-14-5/h10-25H2,1-9H3. The fourth-order valence-electron chi connectivity index (χ4n) is 4.86. The van der Waals surface area contributed by atoms with E-state index in [4.69, 9.17) is 8.85 Å². The molecule has 0 aliphatic heterocycles. The van der Waals surface area contributed by atoms with Gasteiger partial charge in [0.1, 0.15) is 0 Å². The maximum absolute atomic E-state index is 6.51. The minimum absolute atomic E-state index is 0.324. The minimum Gasteiger partial charge on any atom is -0.394 e. The van der Waals surface area contributed by atoms with E-state index in [-0.39, 0.29) is 0 Å². The van der Waals surface area contributed by atoms with Gasteiger partial charge in [0.2, 0.25) is 0 Å². The molecule has 0 rings (SSSR count). The molecule has 0 aromatic heterocycles. The zero-order valence-electron chi connectivity index (χ0n) is 23.5. The van der Waals surface area contributed by atoms with E-state index in [0.29, 0.717) is 5.41 Å². The van der Waals surface area contributed by atoms with Gasteiger partial charge in [-0.1, -0.05) is 27.7 Å². The molecule has 0 aliphatic rings. The average molecular weight is 474 g/mol. The Labute approximate surface area is 203 Å². The molecule has 0 aliphatic carbocycles. The van der Waals surface area contributed by atoms with Crippen molar-refractivity contribution in [3.8, 4) is 0 Å². The number of nitrogens with zero attached hydrogens (tertiary/aromatic N) is 3. The molecule has 0 bridgehead atoms. The van der Waals surface area contributed by atoms with Crippen molar-refractivity contribution in [1.29, 1.82) is 0 Å². The molecule has 0 fully saturated rings. The minimum atomic E-state index is -2.20. The Morgan fingerprint density at radius 3 is 1.19 bits per heavy atom. The van der Waals surface area contributed by atoms with Crippen LogP contribution in [-0.2, 0) is 8.85 Å². The van der Waals surface area contributed by atoms with Gasteiger partial charge in [-0.05, 0) is 130 Å². The second-order valence-electron chi connectivity index (χ2n) is 9.81. The summed E-state index contributed by atoms with van der Waals surface area (Å²) in [5.41, 5.74) is 0.324. The van der Waals surface area contributed by atoms with E-state index in [1.165, 1.54) is 58.2 Å². The highest BCUT2D eigenvalue weighted by Gasteiger charge is 2.44. The van der Waals surface area contributed by atoms with Crippen LogP contribution in [0.1, 0.15) is 80.1 Å². The van der Waals surface area contributed by atoms with Crippen molar-refractivity contribution in [2.45, 2.75) is 92.2 Å². The summed E-state index contributed by atoms with van der Waals surface area (Å²) in [6, 6.07) is 2.20. The van der Waals surface area contributed by atoms with E-state index >= 15 is 0 Å². The summed E-state index contributed by atoms with van der Waals surface area (Å²) in [4.78, 5) is 7.36. The third kappa shape index (κ3) is 13.0. The van der Waals surface area contributed by atoms with Crippen molar-refractivity contribution in [2.75, 3.05) is 73.6 Å². The SMILES string of the molecule is CCO[Si](CC)(CC(CCCN(C)CC)(CCCN(C)CC)CCCN(C)CC)OCC. The summed E-state index contributed by atoms with van der Waals surface area (Å²) in [5.74, 6) is 0. The first-order valence-corrected chi connectivity index (χ1v) is 15.8. The lowest BCUT2D eigenvalue weighted by atomic mass is 9.76. The molecule has 0 heterocycles. The molecule has 32 heavy (non-hydrogen) atoms. The third-order valence-corrected chi connectivity index (χ3v) is 11.4. The fraction of sp³-hybridized carbons (Fsp3) is 1.00. The van der Waals surface area contributed by atoms with Crippen LogP contribution >= 0.6 is 0 Å². The molecule has 6 heteroatoms. The predicted molar refractivity (Wildman–Crippen MR) is 144 cm³/mol. The smallest absolute Gasteiger partial charge is 0.338 e. The van der Waals surface area contributed by atoms with Gasteiger partial charge in [-0.3, -0.25) is 0 Å². The largest absolute Gasteiger partial charge is 0.394 e. The Bertz CT molecular complexity index is 393. The van der Waals surface area contributed by atoms with Crippen molar-refractivity contribution in [2.24, 2.45) is 5.41 Å². The lowest BCUT2D eigenvalue weighted by Crippen LogP contribution is -2.47. The van der Waals surface area contributed by atoms with E-state index in [1.807, 2.05) is 0 Å². The quantitative estimate of drug-likeness (QED) is 0.188. The highest BCUT2D eigenvalue weighted by Crippen LogP contribution is 2.44. The molecule has 194 valence electrons. The van der Waals surface area contributed by atoms with Gasteiger partial charge in [-0.15, -0.1) is 0 Å². The third-order valence-electron chi connectivity index (χ3n) is 7.36. The summed E-state index contributed by atoms with van der Waals surface area (Å²) in [5, 5.41) is 0. The molecule has 0 spiro atoms. The molecule has 0 atom stereocenters. The number of hydrogen-bond donors (Lipinski definition) is 0. The summed E-state index contributed by atoms with van der Waals surface area (Å²) in [6.07, 6.45) is 7.67. The van der Waals surface area contributed by atoms with Crippen LogP contribution in [-0.4, -0.2) is 96.9 Å². The van der Waals surface area contributed by atoms with Gasteiger partial charge in [0.05, 0.1) is 0 Å². The predicted octanol–water partition coefficient (Wildman–Crippen LogP) is 5.70. The van der Waals surface area contributed by atoms with E-state index in [2.05, 4.69) is 77.4 Å².